The van der Waals surface area contributed by atoms with E-state index in [2.05, 4.69) is 36.7 Å². The Hall–Kier alpha value is -0.570. The van der Waals surface area contributed by atoms with Crippen molar-refractivity contribution in [3.8, 4) is 5.75 Å². The first-order chi connectivity index (χ1) is 6.95. The molecule has 15 heavy (non-hydrogen) atoms. The smallest absolute Gasteiger partial charge is 0.166 e. The lowest BCUT2D eigenvalue weighted by Crippen LogP contribution is -2.30. The Morgan fingerprint density at radius 3 is 2.73 bits per heavy atom. The van der Waals surface area contributed by atoms with Gasteiger partial charge in [-0.2, -0.15) is 0 Å². The molecule has 1 aliphatic heterocycles. The van der Waals surface area contributed by atoms with E-state index in [0.717, 1.165) is 10.0 Å². The third kappa shape index (κ3) is 1.57. The standard InChI is InChI=1S/C12H14BrFO/c1-7(2)12(3)6-15-11-9(12)4-8(13)5-10(11)14/h4-5,7H,6H2,1-3H3. The lowest BCUT2D eigenvalue weighted by Gasteiger charge is -2.27. The molecule has 0 amide bonds. The zero-order valence-corrected chi connectivity index (χ0v) is 10.7. The van der Waals surface area contributed by atoms with E-state index >= 15 is 0 Å². The lowest BCUT2D eigenvalue weighted by atomic mass is 9.75. The highest BCUT2D eigenvalue weighted by Crippen LogP contribution is 2.45. The van der Waals surface area contributed by atoms with Crippen LogP contribution >= 0.6 is 15.9 Å². The number of halogens is 2. The van der Waals surface area contributed by atoms with Gasteiger partial charge in [0.2, 0.25) is 0 Å². The predicted molar refractivity (Wildman–Crippen MR) is 61.8 cm³/mol. The summed E-state index contributed by atoms with van der Waals surface area (Å²) in [6.07, 6.45) is 0. The fourth-order valence-electron chi connectivity index (χ4n) is 1.91. The van der Waals surface area contributed by atoms with E-state index in [0.29, 0.717) is 18.3 Å². The van der Waals surface area contributed by atoms with Gasteiger partial charge in [-0.3, -0.25) is 0 Å². The van der Waals surface area contributed by atoms with Crippen molar-refractivity contribution < 1.29 is 9.13 Å². The molecule has 0 bridgehead atoms. The van der Waals surface area contributed by atoms with Crippen LogP contribution in [-0.2, 0) is 5.41 Å². The maximum absolute atomic E-state index is 13.6. The first kappa shape index (κ1) is 10.9. The molecular weight excluding hydrogens is 259 g/mol. The van der Waals surface area contributed by atoms with Crippen LogP contribution in [0.1, 0.15) is 26.3 Å². The van der Waals surface area contributed by atoms with Gasteiger partial charge in [-0.05, 0) is 18.1 Å². The van der Waals surface area contributed by atoms with Gasteiger partial charge in [-0.25, -0.2) is 4.39 Å². The van der Waals surface area contributed by atoms with Gasteiger partial charge in [0.15, 0.2) is 11.6 Å². The molecule has 0 saturated heterocycles. The maximum Gasteiger partial charge on any atom is 0.166 e. The monoisotopic (exact) mass is 272 g/mol. The van der Waals surface area contributed by atoms with Crippen LogP contribution < -0.4 is 4.74 Å². The molecule has 82 valence electrons. The van der Waals surface area contributed by atoms with Gasteiger partial charge in [0, 0.05) is 15.5 Å². The summed E-state index contributed by atoms with van der Waals surface area (Å²) in [6, 6.07) is 3.41. The van der Waals surface area contributed by atoms with E-state index < -0.39 is 0 Å². The van der Waals surface area contributed by atoms with Crippen molar-refractivity contribution in [2.24, 2.45) is 5.92 Å². The molecular formula is C12H14BrFO. The van der Waals surface area contributed by atoms with Crippen molar-refractivity contribution in [3.05, 3.63) is 28.0 Å². The van der Waals surface area contributed by atoms with Crippen LogP contribution in [0.4, 0.5) is 4.39 Å². The molecule has 0 saturated carbocycles. The third-order valence-electron chi connectivity index (χ3n) is 3.41. The number of rotatable bonds is 1. The molecule has 0 spiro atoms. The van der Waals surface area contributed by atoms with Crippen LogP contribution in [0.2, 0.25) is 0 Å². The first-order valence-electron chi connectivity index (χ1n) is 5.07. The number of hydrogen-bond donors (Lipinski definition) is 0. The van der Waals surface area contributed by atoms with Gasteiger partial charge in [-0.15, -0.1) is 0 Å². The van der Waals surface area contributed by atoms with Gasteiger partial charge >= 0.3 is 0 Å². The van der Waals surface area contributed by atoms with Gasteiger partial charge in [0.1, 0.15) is 0 Å². The van der Waals surface area contributed by atoms with Crippen LogP contribution in [0.25, 0.3) is 0 Å². The second kappa shape index (κ2) is 3.48. The summed E-state index contributed by atoms with van der Waals surface area (Å²) in [7, 11) is 0. The van der Waals surface area contributed by atoms with E-state index in [1.165, 1.54) is 6.07 Å². The molecule has 1 atom stereocenters. The summed E-state index contributed by atoms with van der Waals surface area (Å²) >= 11 is 3.32. The van der Waals surface area contributed by atoms with Crippen LogP contribution in [0.3, 0.4) is 0 Å². The molecule has 2 rings (SSSR count). The van der Waals surface area contributed by atoms with Crippen molar-refractivity contribution in [1.29, 1.82) is 0 Å². The number of hydrogen-bond acceptors (Lipinski definition) is 1. The summed E-state index contributed by atoms with van der Waals surface area (Å²) in [5.41, 5.74) is 0.893. The quantitative estimate of drug-likeness (QED) is 0.754. The summed E-state index contributed by atoms with van der Waals surface area (Å²) in [5, 5.41) is 0. The lowest BCUT2D eigenvalue weighted by molar-refractivity contribution is 0.227. The van der Waals surface area contributed by atoms with Gasteiger partial charge in [0.25, 0.3) is 0 Å². The molecule has 0 aliphatic carbocycles. The van der Waals surface area contributed by atoms with Crippen LogP contribution in [0, 0.1) is 11.7 Å². The van der Waals surface area contributed by atoms with E-state index in [9.17, 15) is 4.39 Å². The van der Waals surface area contributed by atoms with Crippen LogP contribution in [-0.4, -0.2) is 6.61 Å². The fraction of sp³-hybridized carbons (Fsp3) is 0.500. The third-order valence-corrected chi connectivity index (χ3v) is 3.87. The van der Waals surface area contributed by atoms with Gasteiger partial charge in [0.05, 0.1) is 6.61 Å². The van der Waals surface area contributed by atoms with Crippen molar-refractivity contribution in [3.63, 3.8) is 0 Å². The second-order valence-electron chi connectivity index (χ2n) is 4.63. The zero-order valence-electron chi connectivity index (χ0n) is 9.10. The van der Waals surface area contributed by atoms with E-state index in [4.69, 9.17) is 4.74 Å². The molecule has 0 N–H and O–H groups in total. The Morgan fingerprint density at radius 1 is 1.47 bits per heavy atom. The van der Waals surface area contributed by atoms with Crippen molar-refractivity contribution in [2.45, 2.75) is 26.2 Å². The molecule has 1 aliphatic rings. The summed E-state index contributed by atoms with van der Waals surface area (Å²) in [5.74, 6) is 0.575. The number of fused-ring (bicyclic) bond motifs is 1. The minimum Gasteiger partial charge on any atom is -0.489 e. The Balaban J connectivity index is 2.60. The average Bonchev–Trinajstić information content (AvgIpc) is 2.46. The number of ether oxygens (including phenoxy) is 1. The summed E-state index contributed by atoms with van der Waals surface area (Å²) < 4.78 is 19.8. The topological polar surface area (TPSA) is 9.23 Å². The highest BCUT2D eigenvalue weighted by atomic mass is 79.9. The molecule has 1 unspecified atom stereocenters. The fourth-order valence-corrected chi connectivity index (χ4v) is 2.34. The Morgan fingerprint density at radius 2 is 2.13 bits per heavy atom. The second-order valence-corrected chi connectivity index (χ2v) is 5.54. The van der Waals surface area contributed by atoms with E-state index in [-0.39, 0.29) is 11.2 Å². The minimum atomic E-state index is -0.274. The maximum atomic E-state index is 13.6. The van der Waals surface area contributed by atoms with Gasteiger partial charge in [-0.1, -0.05) is 36.7 Å². The highest BCUT2D eigenvalue weighted by molar-refractivity contribution is 9.10. The Labute approximate surface area is 97.8 Å². The molecule has 1 aromatic carbocycles. The predicted octanol–water partition coefficient (Wildman–Crippen LogP) is 3.89. The van der Waals surface area contributed by atoms with Crippen LogP contribution in [0.15, 0.2) is 16.6 Å². The Kier molecular flexibility index (Phi) is 2.53. The van der Waals surface area contributed by atoms with E-state index in [1.54, 1.807) is 0 Å². The summed E-state index contributed by atoms with van der Waals surface area (Å²) in [6.45, 7) is 6.96. The minimum absolute atomic E-state index is 0.0834. The molecule has 1 aromatic rings. The molecule has 1 heterocycles. The van der Waals surface area contributed by atoms with Crippen molar-refractivity contribution >= 4 is 15.9 Å². The zero-order chi connectivity index (χ0) is 11.2. The number of benzene rings is 1. The SMILES string of the molecule is CC(C)C1(C)COc2c(F)cc(Br)cc21. The molecule has 1 nitrogen and oxygen atoms in total. The van der Waals surface area contributed by atoms with Crippen molar-refractivity contribution in [2.75, 3.05) is 6.61 Å². The highest BCUT2D eigenvalue weighted by Gasteiger charge is 2.40. The normalized spacial score (nSPS) is 24.1. The van der Waals surface area contributed by atoms with Crippen molar-refractivity contribution in [1.82, 2.24) is 0 Å². The first-order valence-corrected chi connectivity index (χ1v) is 5.87. The molecule has 0 fully saturated rings. The molecule has 0 aromatic heterocycles. The van der Waals surface area contributed by atoms with E-state index in [1.807, 2.05) is 6.07 Å². The Bertz CT molecular complexity index is 403. The van der Waals surface area contributed by atoms with Crippen LogP contribution in [0.5, 0.6) is 5.75 Å². The summed E-state index contributed by atoms with van der Waals surface area (Å²) in [4.78, 5) is 0. The molecule has 3 heteroatoms. The van der Waals surface area contributed by atoms with Gasteiger partial charge < -0.3 is 4.74 Å². The average molecular weight is 273 g/mol. The molecule has 0 radical (unpaired) electrons. The largest absolute Gasteiger partial charge is 0.489 e.